The lowest BCUT2D eigenvalue weighted by Gasteiger charge is -2.20. The van der Waals surface area contributed by atoms with E-state index in [1.807, 2.05) is 62.3 Å². The molecule has 3 aromatic rings. The standard InChI is InChI=1S/C19H21ClN6O/c1-12-21-18(25-24-12)17(13-7-5-4-6-8-13)23-19(27)22-15-11-14(20)9-10-16(15)26(2)3/h4-11,17H,1-3H3,(H,21,24,25)(H2,22,23,27). The summed E-state index contributed by atoms with van der Waals surface area (Å²) in [6.07, 6.45) is 0. The highest BCUT2D eigenvalue weighted by Gasteiger charge is 2.21. The van der Waals surface area contributed by atoms with Crippen LogP contribution in [-0.2, 0) is 0 Å². The van der Waals surface area contributed by atoms with Crippen LogP contribution in [0.5, 0.6) is 0 Å². The third-order valence-corrected chi connectivity index (χ3v) is 4.20. The third kappa shape index (κ3) is 4.57. The SMILES string of the molecule is Cc1nc(C(NC(=O)Nc2cc(Cl)ccc2N(C)C)c2ccccc2)n[nH]1. The molecular weight excluding hydrogens is 364 g/mol. The lowest BCUT2D eigenvalue weighted by molar-refractivity contribution is 0.249. The molecule has 0 spiro atoms. The van der Waals surface area contributed by atoms with Crippen molar-refractivity contribution in [3.63, 3.8) is 0 Å². The summed E-state index contributed by atoms with van der Waals surface area (Å²) in [5, 5.41) is 13.4. The van der Waals surface area contributed by atoms with E-state index in [-0.39, 0.29) is 6.03 Å². The van der Waals surface area contributed by atoms with Crippen LogP contribution in [0.4, 0.5) is 16.2 Å². The number of aromatic amines is 1. The van der Waals surface area contributed by atoms with Crippen molar-refractivity contribution in [2.75, 3.05) is 24.3 Å². The first-order valence-electron chi connectivity index (χ1n) is 8.42. The Morgan fingerprint density at radius 3 is 2.56 bits per heavy atom. The molecule has 1 aromatic heterocycles. The molecular formula is C19H21ClN6O. The Morgan fingerprint density at radius 1 is 1.19 bits per heavy atom. The minimum atomic E-state index is -0.488. The van der Waals surface area contributed by atoms with E-state index in [0.717, 1.165) is 11.3 Å². The first-order chi connectivity index (χ1) is 12.9. The summed E-state index contributed by atoms with van der Waals surface area (Å²) in [5.41, 5.74) is 2.34. The molecule has 27 heavy (non-hydrogen) atoms. The van der Waals surface area contributed by atoms with Crippen molar-refractivity contribution < 1.29 is 4.79 Å². The number of urea groups is 1. The van der Waals surface area contributed by atoms with Crippen LogP contribution in [0.1, 0.15) is 23.3 Å². The first-order valence-corrected chi connectivity index (χ1v) is 8.80. The molecule has 3 N–H and O–H groups in total. The average Bonchev–Trinajstić information content (AvgIpc) is 3.06. The molecule has 1 unspecified atom stereocenters. The molecule has 0 saturated carbocycles. The van der Waals surface area contributed by atoms with Gasteiger partial charge in [-0.2, -0.15) is 5.10 Å². The topological polar surface area (TPSA) is 85.9 Å². The van der Waals surface area contributed by atoms with E-state index in [4.69, 9.17) is 11.6 Å². The van der Waals surface area contributed by atoms with Crippen molar-refractivity contribution in [2.45, 2.75) is 13.0 Å². The van der Waals surface area contributed by atoms with Gasteiger partial charge in [0, 0.05) is 19.1 Å². The van der Waals surface area contributed by atoms with Crippen molar-refractivity contribution in [3.05, 3.63) is 70.8 Å². The molecule has 0 aliphatic heterocycles. The fourth-order valence-electron chi connectivity index (χ4n) is 2.72. The van der Waals surface area contributed by atoms with Crippen molar-refractivity contribution >= 4 is 29.0 Å². The van der Waals surface area contributed by atoms with Crippen LogP contribution in [-0.4, -0.2) is 35.3 Å². The van der Waals surface area contributed by atoms with Gasteiger partial charge in [-0.3, -0.25) is 5.10 Å². The van der Waals surface area contributed by atoms with E-state index in [0.29, 0.717) is 22.4 Å². The Hall–Kier alpha value is -3.06. The van der Waals surface area contributed by atoms with Gasteiger partial charge in [0.05, 0.1) is 11.4 Å². The van der Waals surface area contributed by atoms with Crippen LogP contribution in [0.15, 0.2) is 48.5 Å². The van der Waals surface area contributed by atoms with Crippen LogP contribution in [0.25, 0.3) is 0 Å². The first kappa shape index (κ1) is 18.7. The van der Waals surface area contributed by atoms with Gasteiger partial charge in [-0.15, -0.1) is 0 Å². The smallest absolute Gasteiger partial charge is 0.320 e. The highest BCUT2D eigenvalue weighted by molar-refractivity contribution is 6.31. The molecule has 7 nitrogen and oxygen atoms in total. The molecule has 0 fully saturated rings. The summed E-state index contributed by atoms with van der Waals surface area (Å²) < 4.78 is 0. The van der Waals surface area contributed by atoms with Crippen LogP contribution in [0.3, 0.4) is 0 Å². The van der Waals surface area contributed by atoms with Gasteiger partial charge >= 0.3 is 6.03 Å². The largest absolute Gasteiger partial charge is 0.376 e. The van der Waals surface area contributed by atoms with Gasteiger partial charge in [-0.25, -0.2) is 9.78 Å². The van der Waals surface area contributed by atoms with Crippen molar-refractivity contribution in [2.24, 2.45) is 0 Å². The molecule has 3 rings (SSSR count). The van der Waals surface area contributed by atoms with Crippen LogP contribution in [0, 0.1) is 6.92 Å². The number of anilines is 2. The maximum absolute atomic E-state index is 12.7. The number of H-pyrrole nitrogens is 1. The molecule has 0 bridgehead atoms. The summed E-state index contributed by atoms with van der Waals surface area (Å²) in [4.78, 5) is 19.0. The number of benzene rings is 2. The predicted molar refractivity (Wildman–Crippen MR) is 107 cm³/mol. The monoisotopic (exact) mass is 384 g/mol. The second-order valence-corrected chi connectivity index (χ2v) is 6.71. The van der Waals surface area contributed by atoms with Gasteiger partial charge in [0.25, 0.3) is 0 Å². The number of rotatable bonds is 5. The number of halogens is 1. The number of nitrogens with zero attached hydrogens (tertiary/aromatic N) is 3. The quantitative estimate of drug-likeness (QED) is 0.625. The lowest BCUT2D eigenvalue weighted by atomic mass is 10.1. The van der Waals surface area contributed by atoms with Crippen LogP contribution >= 0.6 is 11.6 Å². The summed E-state index contributed by atoms with van der Waals surface area (Å²) in [5.74, 6) is 1.17. The molecule has 2 amide bonds. The summed E-state index contributed by atoms with van der Waals surface area (Å²) in [6, 6.07) is 14.0. The maximum atomic E-state index is 12.7. The zero-order valence-electron chi connectivity index (χ0n) is 15.3. The number of aromatic nitrogens is 3. The number of carbonyl (C=O) groups excluding carboxylic acids is 1. The van der Waals surface area contributed by atoms with E-state index < -0.39 is 6.04 Å². The number of amides is 2. The molecule has 2 aromatic carbocycles. The van der Waals surface area contributed by atoms with E-state index >= 15 is 0 Å². The summed E-state index contributed by atoms with van der Waals surface area (Å²) in [6.45, 7) is 1.81. The number of aryl methyl sites for hydroxylation is 1. The summed E-state index contributed by atoms with van der Waals surface area (Å²) in [7, 11) is 3.80. The van der Waals surface area contributed by atoms with E-state index in [1.54, 1.807) is 12.1 Å². The normalized spacial score (nSPS) is 11.7. The second-order valence-electron chi connectivity index (χ2n) is 6.28. The highest BCUT2D eigenvalue weighted by atomic mass is 35.5. The Morgan fingerprint density at radius 2 is 1.93 bits per heavy atom. The van der Waals surface area contributed by atoms with E-state index in [1.165, 1.54) is 0 Å². The Bertz CT molecular complexity index is 925. The van der Waals surface area contributed by atoms with Crippen molar-refractivity contribution in [1.82, 2.24) is 20.5 Å². The molecule has 0 aliphatic carbocycles. The molecule has 1 heterocycles. The van der Waals surface area contributed by atoms with Gasteiger partial charge in [0.15, 0.2) is 5.82 Å². The second kappa shape index (κ2) is 8.09. The minimum absolute atomic E-state index is 0.378. The molecule has 0 saturated heterocycles. The fourth-order valence-corrected chi connectivity index (χ4v) is 2.89. The van der Waals surface area contributed by atoms with Gasteiger partial charge in [-0.1, -0.05) is 41.9 Å². The van der Waals surface area contributed by atoms with Crippen LogP contribution in [0.2, 0.25) is 5.02 Å². The Balaban J connectivity index is 1.85. The highest BCUT2D eigenvalue weighted by Crippen LogP contribution is 2.28. The Labute approximate surface area is 162 Å². The zero-order valence-corrected chi connectivity index (χ0v) is 16.1. The number of carbonyl (C=O) groups is 1. The number of nitrogens with one attached hydrogen (secondary N) is 3. The van der Waals surface area contributed by atoms with Crippen molar-refractivity contribution in [3.8, 4) is 0 Å². The summed E-state index contributed by atoms with van der Waals surface area (Å²) >= 11 is 6.09. The molecule has 0 aliphatic rings. The zero-order chi connectivity index (χ0) is 19.4. The number of hydrogen-bond acceptors (Lipinski definition) is 4. The average molecular weight is 385 g/mol. The fraction of sp³-hybridized carbons (Fsp3) is 0.211. The molecule has 140 valence electrons. The minimum Gasteiger partial charge on any atom is -0.376 e. The van der Waals surface area contributed by atoms with Gasteiger partial charge in [0.2, 0.25) is 0 Å². The third-order valence-electron chi connectivity index (χ3n) is 3.97. The van der Waals surface area contributed by atoms with E-state index in [2.05, 4.69) is 25.8 Å². The maximum Gasteiger partial charge on any atom is 0.320 e. The predicted octanol–water partition coefficient (Wildman–Crippen LogP) is 3.74. The number of hydrogen-bond donors (Lipinski definition) is 3. The van der Waals surface area contributed by atoms with Crippen molar-refractivity contribution in [1.29, 1.82) is 0 Å². The molecule has 0 radical (unpaired) electrons. The lowest BCUT2D eigenvalue weighted by Crippen LogP contribution is -2.34. The van der Waals surface area contributed by atoms with E-state index in [9.17, 15) is 4.79 Å². The van der Waals surface area contributed by atoms with Gasteiger partial charge in [-0.05, 0) is 30.7 Å². The molecule has 8 heteroatoms. The van der Waals surface area contributed by atoms with Gasteiger partial charge < -0.3 is 15.5 Å². The Kier molecular flexibility index (Phi) is 5.61. The van der Waals surface area contributed by atoms with Gasteiger partial charge in [0.1, 0.15) is 11.9 Å². The van der Waals surface area contributed by atoms with Crippen LogP contribution < -0.4 is 15.5 Å². The molecule has 1 atom stereocenters.